The number of halogens is 4. The molecule has 0 atom stereocenters. The normalized spacial score (nSPS) is 10.7. The molecular weight excluding hydrogens is 549 g/mol. The van der Waals surface area contributed by atoms with Crippen LogP contribution in [0.2, 0.25) is 10.0 Å². The third kappa shape index (κ3) is 4.32. The van der Waals surface area contributed by atoms with Gasteiger partial charge in [-0.25, -0.2) is 9.67 Å². The second kappa shape index (κ2) is 8.83. The highest BCUT2D eigenvalue weighted by molar-refractivity contribution is 9.10. The minimum atomic E-state index is -0.432. The van der Waals surface area contributed by atoms with Gasteiger partial charge in [-0.3, -0.25) is 9.59 Å². The number of benzene rings is 1. The second-order valence-corrected chi connectivity index (χ2v) is 8.31. The molecule has 0 bridgehead atoms. The molecule has 150 valence electrons. The van der Waals surface area contributed by atoms with Crippen molar-refractivity contribution in [2.75, 3.05) is 19.0 Å². The van der Waals surface area contributed by atoms with Gasteiger partial charge in [-0.15, -0.1) is 0 Å². The molecule has 29 heavy (non-hydrogen) atoms. The van der Waals surface area contributed by atoms with Crippen LogP contribution in [0, 0.1) is 0 Å². The van der Waals surface area contributed by atoms with E-state index in [1.165, 1.54) is 22.7 Å². The Bertz CT molecular complexity index is 1120. The summed E-state index contributed by atoms with van der Waals surface area (Å²) in [6.07, 6.45) is 1.55. The van der Waals surface area contributed by atoms with Crippen LogP contribution in [0.25, 0.3) is 5.82 Å². The summed E-state index contributed by atoms with van der Waals surface area (Å²) < 4.78 is 2.26. The lowest BCUT2D eigenvalue weighted by molar-refractivity contribution is 0.0963. The quantitative estimate of drug-likeness (QED) is 0.499. The molecule has 0 fully saturated rings. The van der Waals surface area contributed by atoms with Crippen LogP contribution in [0.4, 0.5) is 5.69 Å². The zero-order valence-corrected chi connectivity index (χ0v) is 19.8. The zero-order valence-electron chi connectivity index (χ0n) is 15.1. The average Bonchev–Trinajstić information content (AvgIpc) is 3.07. The van der Waals surface area contributed by atoms with Crippen molar-refractivity contribution in [1.82, 2.24) is 20.1 Å². The topological polar surface area (TPSA) is 80.1 Å². The van der Waals surface area contributed by atoms with Crippen molar-refractivity contribution >= 4 is 72.6 Å². The van der Waals surface area contributed by atoms with E-state index >= 15 is 0 Å². The summed E-state index contributed by atoms with van der Waals surface area (Å²) >= 11 is 19.0. The van der Waals surface area contributed by atoms with Crippen LogP contribution in [0.1, 0.15) is 20.8 Å². The van der Waals surface area contributed by atoms with E-state index in [0.717, 1.165) is 0 Å². The van der Waals surface area contributed by atoms with E-state index in [-0.39, 0.29) is 17.2 Å². The summed E-state index contributed by atoms with van der Waals surface area (Å²) in [6, 6.07) is 7.98. The number of nitrogens with zero attached hydrogens (tertiary/aromatic N) is 4. The number of nitrogens with one attached hydrogen (secondary N) is 1. The molecule has 0 aliphatic heterocycles. The van der Waals surface area contributed by atoms with E-state index in [1.54, 1.807) is 37.5 Å². The van der Waals surface area contributed by atoms with Crippen LogP contribution in [-0.4, -0.2) is 40.7 Å². The number of carbonyl (C=O) groups is 2. The number of hydrogen-bond donors (Lipinski definition) is 1. The summed E-state index contributed by atoms with van der Waals surface area (Å²) in [7, 11) is 3.05. The Morgan fingerprint density at radius 3 is 2.59 bits per heavy atom. The SMILES string of the molecule is CNC(=O)c1cc(Cl)cc(Br)c1N(C)C(=O)c1cc(Br)nn1-c1ncccc1Cl. The third-order valence-electron chi connectivity index (χ3n) is 3.98. The number of anilines is 1. The van der Waals surface area contributed by atoms with Gasteiger partial charge < -0.3 is 10.2 Å². The molecule has 1 N–H and O–H groups in total. The van der Waals surface area contributed by atoms with Crippen LogP contribution in [-0.2, 0) is 0 Å². The maximum Gasteiger partial charge on any atom is 0.276 e. The fourth-order valence-corrected chi connectivity index (χ4v) is 4.34. The predicted octanol–water partition coefficient (Wildman–Crippen LogP) is 4.74. The van der Waals surface area contributed by atoms with Gasteiger partial charge in [0.15, 0.2) is 5.82 Å². The molecule has 3 aromatic rings. The first-order valence-electron chi connectivity index (χ1n) is 8.10. The van der Waals surface area contributed by atoms with Crippen molar-refractivity contribution in [1.29, 1.82) is 0 Å². The summed E-state index contributed by atoms with van der Waals surface area (Å²) in [5.74, 6) is -0.512. The molecule has 2 aromatic heterocycles. The van der Waals surface area contributed by atoms with Crippen molar-refractivity contribution in [3.63, 3.8) is 0 Å². The van der Waals surface area contributed by atoms with Gasteiger partial charge in [0, 0.05) is 35.9 Å². The summed E-state index contributed by atoms with van der Waals surface area (Å²) in [6.45, 7) is 0. The van der Waals surface area contributed by atoms with E-state index in [9.17, 15) is 9.59 Å². The van der Waals surface area contributed by atoms with E-state index < -0.39 is 5.91 Å². The molecular formula is C18H13Br2Cl2N5O2. The zero-order chi connectivity index (χ0) is 21.3. The molecule has 2 amide bonds. The Labute approximate surface area is 193 Å². The van der Waals surface area contributed by atoms with Crippen molar-refractivity contribution in [3.8, 4) is 5.82 Å². The second-order valence-electron chi connectivity index (χ2n) is 5.80. The van der Waals surface area contributed by atoms with E-state index in [1.807, 2.05) is 0 Å². The van der Waals surface area contributed by atoms with E-state index in [0.29, 0.717) is 30.6 Å². The molecule has 1 aromatic carbocycles. The molecule has 3 rings (SSSR count). The van der Waals surface area contributed by atoms with Gasteiger partial charge in [0.2, 0.25) is 0 Å². The van der Waals surface area contributed by atoms with Crippen molar-refractivity contribution < 1.29 is 9.59 Å². The summed E-state index contributed by atoms with van der Waals surface area (Å²) in [5, 5.41) is 7.51. The Morgan fingerprint density at radius 1 is 1.21 bits per heavy atom. The molecule has 0 aliphatic carbocycles. The van der Waals surface area contributed by atoms with Crippen LogP contribution >= 0.6 is 55.1 Å². The molecule has 7 nitrogen and oxygen atoms in total. The highest BCUT2D eigenvalue weighted by Gasteiger charge is 2.27. The van der Waals surface area contributed by atoms with Crippen molar-refractivity contribution in [3.05, 3.63) is 66.9 Å². The van der Waals surface area contributed by atoms with Gasteiger partial charge in [-0.05, 0) is 56.1 Å². The molecule has 0 radical (unpaired) electrons. The molecule has 2 heterocycles. The number of aromatic nitrogens is 3. The van der Waals surface area contributed by atoms with Crippen molar-refractivity contribution in [2.24, 2.45) is 0 Å². The van der Waals surface area contributed by atoms with E-state index in [2.05, 4.69) is 47.3 Å². The van der Waals surface area contributed by atoms with Gasteiger partial charge in [0.25, 0.3) is 11.8 Å². The average molecular weight is 562 g/mol. The first kappa shape index (κ1) is 21.8. The minimum absolute atomic E-state index is 0.199. The number of pyridine rings is 1. The van der Waals surface area contributed by atoms with Gasteiger partial charge >= 0.3 is 0 Å². The highest BCUT2D eigenvalue weighted by Crippen LogP contribution is 2.34. The molecule has 0 saturated heterocycles. The standard InChI is InChI=1S/C18H13Br2Cl2N5O2/c1-23-17(28)10-6-9(21)7-11(19)15(10)26(2)18(29)13-8-14(20)25-27(13)16-12(22)4-3-5-24-16/h3-8H,1-2H3,(H,23,28). The summed E-state index contributed by atoms with van der Waals surface area (Å²) in [4.78, 5) is 31.3. The minimum Gasteiger partial charge on any atom is -0.355 e. The first-order chi connectivity index (χ1) is 13.7. The van der Waals surface area contributed by atoms with Crippen LogP contribution in [0.5, 0.6) is 0 Å². The number of amides is 2. The molecule has 11 heteroatoms. The lowest BCUT2D eigenvalue weighted by Crippen LogP contribution is -2.31. The van der Waals surface area contributed by atoms with Gasteiger partial charge in [-0.1, -0.05) is 23.2 Å². The Morgan fingerprint density at radius 2 is 1.93 bits per heavy atom. The Kier molecular flexibility index (Phi) is 6.62. The fourth-order valence-electron chi connectivity index (χ4n) is 2.69. The number of hydrogen-bond acceptors (Lipinski definition) is 4. The molecule has 0 saturated carbocycles. The monoisotopic (exact) mass is 559 g/mol. The van der Waals surface area contributed by atoms with Crippen LogP contribution < -0.4 is 10.2 Å². The fraction of sp³-hybridized carbons (Fsp3) is 0.111. The van der Waals surface area contributed by atoms with Gasteiger partial charge in [0.1, 0.15) is 10.3 Å². The third-order valence-corrected chi connectivity index (χ3v) is 5.48. The maximum absolute atomic E-state index is 13.4. The molecule has 0 aliphatic rings. The van der Waals surface area contributed by atoms with E-state index in [4.69, 9.17) is 23.2 Å². The number of carbonyl (C=O) groups excluding carboxylic acids is 2. The lowest BCUT2D eigenvalue weighted by atomic mass is 10.1. The highest BCUT2D eigenvalue weighted by atomic mass is 79.9. The largest absolute Gasteiger partial charge is 0.355 e. The predicted molar refractivity (Wildman–Crippen MR) is 119 cm³/mol. The van der Waals surface area contributed by atoms with Crippen molar-refractivity contribution in [2.45, 2.75) is 0 Å². The van der Waals surface area contributed by atoms with Crippen LogP contribution in [0.15, 0.2) is 45.6 Å². The molecule has 0 spiro atoms. The Balaban J connectivity index is 2.12. The maximum atomic E-state index is 13.4. The number of rotatable bonds is 4. The molecule has 0 unspecified atom stereocenters. The first-order valence-corrected chi connectivity index (χ1v) is 10.4. The lowest BCUT2D eigenvalue weighted by Gasteiger charge is -2.22. The smallest absolute Gasteiger partial charge is 0.276 e. The van der Waals surface area contributed by atoms with Crippen LogP contribution in [0.3, 0.4) is 0 Å². The van der Waals surface area contributed by atoms with Gasteiger partial charge in [0.05, 0.1) is 16.3 Å². The Hall–Kier alpha value is -1.94. The van der Waals surface area contributed by atoms with Gasteiger partial charge in [-0.2, -0.15) is 5.10 Å². The summed E-state index contributed by atoms with van der Waals surface area (Å²) in [5.41, 5.74) is 0.795.